The van der Waals surface area contributed by atoms with Gasteiger partial charge in [0.05, 0.1) is 23.7 Å². The van der Waals surface area contributed by atoms with Crippen LogP contribution in [0.15, 0.2) is 29.2 Å². The van der Waals surface area contributed by atoms with Gasteiger partial charge in [0, 0.05) is 11.3 Å². The molecule has 0 bridgehead atoms. The minimum atomic E-state index is -1.25. The Morgan fingerprint density at radius 2 is 2.20 bits per heavy atom. The lowest BCUT2D eigenvalue weighted by Gasteiger charge is -2.03. The van der Waals surface area contributed by atoms with E-state index in [1.165, 1.54) is 0 Å². The smallest absolute Gasteiger partial charge is 0.145 e. The van der Waals surface area contributed by atoms with E-state index >= 15 is 0 Å². The minimum absolute atomic E-state index is 0.0103. The van der Waals surface area contributed by atoms with Gasteiger partial charge in [-0.25, -0.2) is 0 Å². The highest BCUT2D eigenvalue weighted by molar-refractivity contribution is 7.85. The molecule has 4 heteroatoms. The molecule has 1 unspecified atom stereocenters. The van der Waals surface area contributed by atoms with Crippen molar-refractivity contribution in [3.8, 4) is 5.75 Å². The summed E-state index contributed by atoms with van der Waals surface area (Å²) >= 11 is 0. The zero-order valence-corrected chi connectivity index (χ0v) is 9.67. The molecule has 0 fully saturated rings. The van der Waals surface area contributed by atoms with Crippen LogP contribution in [-0.4, -0.2) is 22.9 Å². The Hall–Kier alpha value is -1.16. The second-order valence-corrected chi connectivity index (χ2v) is 4.51. The van der Waals surface area contributed by atoms with Gasteiger partial charge in [0.25, 0.3) is 0 Å². The Bertz CT molecular complexity index is 374. The van der Waals surface area contributed by atoms with E-state index in [1.54, 1.807) is 38.3 Å². The van der Waals surface area contributed by atoms with Crippen LogP contribution >= 0.6 is 0 Å². The zero-order valence-electron chi connectivity index (χ0n) is 8.86. The van der Waals surface area contributed by atoms with E-state index in [2.05, 4.69) is 0 Å². The van der Waals surface area contributed by atoms with Crippen molar-refractivity contribution >= 4 is 16.6 Å². The van der Waals surface area contributed by atoms with Gasteiger partial charge >= 0.3 is 0 Å². The second kappa shape index (κ2) is 5.66. The van der Waals surface area contributed by atoms with Crippen molar-refractivity contribution in [1.82, 2.24) is 0 Å². The first-order chi connectivity index (χ1) is 7.17. The van der Waals surface area contributed by atoms with Gasteiger partial charge < -0.3 is 4.74 Å². The third kappa shape index (κ3) is 3.47. The zero-order chi connectivity index (χ0) is 11.3. The van der Waals surface area contributed by atoms with Crippen molar-refractivity contribution in [2.45, 2.75) is 18.2 Å². The van der Waals surface area contributed by atoms with E-state index in [4.69, 9.17) is 4.74 Å². The Balaban J connectivity index is 2.77. The van der Waals surface area contributed by atoms with E-state index in [9.17, 15) is 9.00 Å². The van der Waals surface area contributed by atoms with Crippen LogP contribution in [0.25, 0.3) is 0 Å². The topological polar surface area (TPSA) is 43.4 Å². The van der Waals surface area contributed by atoms with Crippen molar-refractivity contribution in [1.29, 1.82) is 0 Å². The summed E-state index contributed by atoms with van der Waals surface area (Å²) in [6.45, 7) is 1.77. The van der Waals surface area contributed by atoms with Crippen molar-refractivity contribution in [2.24, 2.45) is 0 Å². The maximum absolute atomic E-state index is 11.7. The monoisotopic (exact) mass is 226 g/mol. The summed E-state index contributed by atoms with van der Waals surface area (Å²) in [5.41, 5.74) is 0. The number of carbonyl (C=O) groups excluding carboxylic acids is 1. The van der Waals surface area contributed by atoms with Gasteiger partial charge in [0.15, 0.2) is 0 Å². The van der Waals surface area contributed by atoms with Crippen LogP contribution < -0.4 is 4.74 Å². The van der Waals surface area contributed by atoms with E-state index < -0.39 is 10.8 Å². The van der Waals surface area contributed by atoms with Crippen molar-refractivity contribution < 1.29 is 13.7 Å². The van der Waals surface area contributed by atoms with Crippen LogP contribution in [0.5, 0.6) is 5.75 Å². The molecule has 0 aromatic heterocycles. The Labute approximate surface area is 91.9 Å². The lowest BCUT2D eigenvalue weighted by atomic mass is 10.3. The van der Waals surface area contributed by atoms with Crippen LogP contribution in [-0.2, 0) is 15.6 Å². The maximum Gasteiger partial charge on any atom is 0.145 e. The molecule has 0 N–H and O–H groups in total. The van der Waals surface area contributed by atoms with Gasteiger partial charge in [-0.1, -0.05) is 13.0 Å². The van der Waals surface area contributed by atoms with Gasteiger partial charge in [-0.3, -0.25) is 9.00 Å². The minimum Gasteiger partial charge on any atom is -0.497 e. The van der Waals surface area contributed by atoms with Gasteiger partial charge in [-0.2, -0.15) is 0 Å². The highest BCUT2D eigenvalue weighted by atomic mass is 32.2. The van der Waals surface area contributed by atoms with Crippen LogP contribution in [0.3, 0.4) is 0 Å². The molecule has 0 amide bonds. The molecule has 0 aliphatic carbocycles. The number of carbonyl (C=O) groups is 1. The second-order valence-electron chi connectivity index (χ2n) is 3.06. The molecule has 0 spiro atoms. The molecule has 1 aromatic carbocycles. The molecular weight excluding hydrogens is 212 g/mol. The molecule has 0 heterocycles. The number of benzene rings is 1. The number of methoxy groups -OCH3 is 1. The lowest BCUT2D eigenvalue weighted by molar-refractivity contribution is -0.116. The first kappa shape index (κ1) is 11.9. The van der Waals surface area contributed by atoms with Gasteiger partial charge in [-0.15, -0.1) is 0 Å². The van der Waals surface area contributed by atoms with E-state index in [1.807, 2.05) is 0 Å². The molecule has 0 saturated carbocycles. The molecule has 1 aromatic rings. The Kier molecular flexibility index (Phi) is 4.49. The largest absolute Gasteiger partial charge is 0.497 e. The normalized spacial score (nSPS) is 12.1. The average molecular weight is 226 g/mol. The molecule has 1 atom stereocenters. The van der Waals surface area contributed by atoms with Crippen LogP contribution in [0.2, 0.25) is 0 Å². The van der Waals surface area contributed by atoms with Crippen LogP contribution in [0.4, 0.5) is 0 Å². The SMILES string of the molecule is CCC(=O)CS(=O)c1cccc(OC)c1. The summed E-state index contributed by atoms with van der Waals surface area (Å²) in [5.74, 6) is 0.755. The fourth-order valence-electron chi connectivity index (χ4n) is 1.07. The van der Waals surface area contributed by atoms with Gasteiger partial charge in [0.1, 0.15) is 11.5 Å². The molecular formula is C11H14O3S. The fourth-order valence-corrected chi connectivity index (χ4v) is 2.22. The van der Waals surface area contributed by atoms with Crippen molar-refractivity contribution in [3.63, 3.8) is 0 Å². The Morgan fingerprint density at radius 1 is 1.47 bits per heavy atom. The summed E-state index contributed by atoms with van der Waals surface area (Å²) in [6.07, 6.45) is 0.426. The third-order valence-corrected chi connectivity index (χ3v) is 3.35. The lowest BCUT2D eigenvalue weighted by Crippen LogP contribution is -2.09. The summed E-state index contributed by atoms with van der Waals surface area (Å²) in [5, 5.41) is 0. The molecule has 0 aliphatic rings. The predicted molar refractivity (Wildman–Crippen MR) is 59.6 cm³/mol. The maximum atomic E-state index is 11.7. The summed E-state index contributed by atoms with van der Waals surface area (Å²) < 4.78 is 16.7. The van der Waals surface area contributed by atoms with Crippen LogP contribution in [0.1, 0.15) is 13.3 Å². The first-order valence-electron chi connectivity index (χ1n) is 4.71. The summed E-state index contributed by atoms with van der Waals surface area (Å²) in [7, 11) is 0.300. The first-order valence-corrected chi connectivity index (χ1v) is 6.03. The van der Waals surface area contributed by atoms with E-state index in [-0.39, 0.29) is 11.5 Å². The third-order valence-electron chi connectivity index (χ3n) is 1.99. The number of ether oxygens (including phenoxy) is 1. The highest BCUT2D eigenvalue weighted by Gasteiger charge is 2.09. The number of hydrogen-bond donors (Lipinski definition) is 0. The molecule has 1 rings (SSSR count). The van der Waals surface area contributed by atoms with E-state index in [0.29, 0.717) is 17.1 Å². The average Bonchev–Trinajstić information content (AvgIpc) is 2.28. The van der Waals surface area contributed by atoms with Gasteiger partial charge in [-0.05, 0) is 18.2 Å². The number of hydrogen-bond acceptors (Lipinski definition) is 3. The summed E-state index contributed by atoms with van der Waals surface area (Å²) in [4.78, 5) is 11.8. The van der Waals surface area contributed by atoms with Crippen molar-refractivity contribution in [3.05, 3.63) is 24.3 Å². The molecule has 0 aliphatic heterocycles. The molecule has 0 radical (unpaired) electrons. The summed E-state index contributed by atoms with van der Waals surface area (Å²) in [6, 6.07) is 6.98. The molecule has 15 heavy (non-hydrogen) atoms. The van der Waals surface area contributed by atoms with Gasteiger partial charge in [0.2, 0.25) is 0 Å². The van der Waals surface area contributed by atoms with E-state index in [0.717, 1.165) is 0 Å². The standard InChI is InChI=1S/C11H14O3S/c1-3-9(12)8-15(13)11-6-4-5-10(7-11)14-2/h4-7H,3,8H2,1-2H3. The predicted octanol–water partition coefficient (Wildman–Crippen LogP) is 1.78. The Morgan fingerprint density at radius 3 is 2.80 bits per heavy atom. The highest BCUT2D eigenvalue weighted by Crippen LogP contribution is 2.15. The fraction of sp³-hybridized carbons (Fsp3) is 0.364. The quantitative estimate of drug-likeness (QED) is 0.768. The number of rotatable bonds is 5. The molecule has 82 valence electrons. The molecule has 3 nitrogen and oxygen atoms in total. The number of ketones is 1. The number of Topliss-reactive ketones (excluding diaryl/α,β-unsaturated/α-hetero) is 1. The van der Waals surface area contributed by atoms with Crippen LogP contribution in [0, 0.1) is 0 Å². The molecule has 0 saturated heterocycles. The van der Waals surface area contributed by atoms with Crippen molar-refractivity contribution in [2.75, 3.05) is 12.9 Å².